The fraction of sp³-hybridized carbons (Fsp3) is 0. The van der Waals surface area contributed by atoms with Crippen molar-refractivity contribution in [1.82, 2.24) is 0 Å². The fourth-order valence-corrected chi connectivity index (χ4v) is 5.95. The summed E-state index contributed by atoms with van der Waals surface area (Å²) < 4.78 is 277. The predicted molar refractivity (Wildman–Crippen MR) is 208 cm³/mol. The van der Waals surface area contributed by atoms with Crippen molar-refractivity contribution in [2.45, 2.75) is 0 Å². The monoisotopic (exact) mass is 652 g/mol. The van der Waals surface area contributed by atoms with Crippen LogP contribution in [0.4, 0.5) is 0 Å². The molecule has 0 aliphatic carbocycles. The molecule has 9 aromatic carbocycles. The SMILES string of the molecule is [2H]c1c([2H])c([2H])c(-c2c([2H])c([2H])c([2H])c3oc4c([2H])c([2H])c([2H])c(-c5c6c([2H])c([2H])c([2H])c([2H])c6c(-c6c([2H])c([2H])c(-c7c([2H])c([2H])c([2H])c8c([2H])c([2H])c([2H])c([2H])c78)c([2H])c6[2H])c6c([2H])c([2H])c([2H])c([2H])c56)c4c23)c([2H])c1[2H]. The topological polar surface area (TPSA) is 13.1 Å². The Morgan fingerprint density at radius 3 is 1.43 bits per heavy atom. The van der Waals surface area contributed by atoms with Crippen LogP contribution in [0, 0.1) is 0 Å². The second-order valence-electron chi connectivity index (χ2n) is 10.5. The van der Waals surface area contributed by atoms with Gasteiger partial charge in [-0.05, 0) is 88.9 Å². The van der Waals surface area contributed by atoms with Gasteiger partial charge < -0.3 is 4.42 Å². The van der Waals surface area contributed by atoms with Gasteiger partial charge in [-0.25, -0.2) is 0 Å². The zero-order valence-electron chi connectivity index (χ0n) is 54.4. The fourth-order valence-electron chi connectivity index (χ4n) is 5.95. The molecule has 1 heteroatoms. The van der Waals surface area contributed by atoms with Gasteiger partial charge in [0.05, 0.1) is 41.1 Å². The van der Waals surface area contributed by atoms with E-state index < -0.39 is 280 Å². The van der Waals surface area contributed by atoms with Gasteiger partial charge in [-0.2, -0.15) is 0 Å². The molecular weight excluding hydrogens is 593 g/mol. The van der Waals surface area contributed by atoms with E-state index in [1.165, 1.54) is 0 Å². The van der Waals surface area contributed by atoms with Crippen molar-refractivity contribution in [1.29, 1.82) is 0 Å². The van der Waals surface area contributed by atoms with Gasteiger partial charge >= 0.3 is 0 Å². The van der Waals surface area contributed by atoms with Crippen LogP contribution >= 0.6 is 0 Å². The lowest BCUT2D eigenvalue weighted by molar-refractivity contribution is 0.669. The minimum atomic E-state index is -1.14. The third kappa shape index (κ3) is 4.33. The first kappa shape index (κ1) is 11.1. The highest BCUT2D eigenvalue weighted by atomic mass is 16.3. The first-order valence-electron chi connectivity index (χ1n) is 29.4. The lowest BCUT2D eigenvalue weighted by atomic mass is 9.84. The smallest absolute Gasteiger partial charge is 0.136 e. The molecule has 1 heterocycles. The van der Waals surface area contributed by atoms with Crippen LogP contribution in [0.1, 0.15) is 41.1 Å². The second-order valence-corrected chi connectivity index (χ2v) is 10.5. The number of furan rings is 1. The third-order valence-corrected chi connectivity index (χ3v) is 7.95. The number of rotatable bonds is 4. The molecule has 228 valence electrons. The van der Waals surface area contributed by atoms with Crippen LogP contribution in [-0.4, -0.2) is 0 Å². The molecule has 0 unspecified atom stereocenters. The molecule has 0 amide bonds. The summed E-state index contributed by atoms with van der Waals surface area (Å²) >= 11 is 0. The number of hydrogen-bond donors (Lipinski definition) is 0. The van der Waals surface area contributed by atoms with E-state index in [1.807, 2.05) is 0 Å². The summed E-state index contributed by atoms with van der Waals surface area (Å²) in [5, 5.41) is -5.74. The quantitative estimate of drug-likeness (QED) is 0.172. The van der Waals surface area contributed by atoms with Crippen molar-refractivity contribution in [2.24, 2.45) is 0 Å². The average Bonchev–Trinajstić information content (AvgIpc) is 4.09. The van der Waals surface area contributed by atoms with Crippen LogP contribution in [0.3, 0.4) is 0 Å². The Kier molecular flexibility index (Phi) is 2.50. The molecule has 10 aromatic rings. The van der Waals surface area contributed by atoms with Gasteiger partial charge in [0, 0.05) is 10.8 Å². The van der Waals surface area contributed by atoms with Crippen LogP contribution in [0.5, 0.6) is 0 Å². The highest BCUT2D eigenvalue weighted by Gasteiger charge is 2.21. The molecule has 0 fully saturated rings. The molecule has 0 bridgehead atoms. The van der Waals surface area contributed by atoms with E-state index in [2.05, 4.69) is 0 Å². The summed E-state index contributed by atoms with van der Waals surface area (Å²) in [5.74, 6) is 0. The van der Waals surface area contributed by atoms with Gasteiger partial charge in [-0.3, -0.25) is 0 Å². The van der Waals surface area contributed by atoms with Gasteiger partial charge in [0.1, 0.15) is 11.2 Å². The maximum atomic E-state index is 9.65. The van der Waals surface area contributed by atoms with E-state index in [1.54, 1.807) is 0 Å². The molecular formula is C48H30O. The highest BCUT2D eigenvalue weighted by Crippen LogP contribution is 2.48. The molecule has 0 radical (unpaired) electrons. The van der Waals surface area contributed by atoms with Gasteiger partial charge in [-0.1, -0.05) is 169 Å². The third-order valence-electron chi connectivity index (χ3n) is 7.95. The number of benzene rings is 9. The van der Waals surface area contributed by atoms with Crippen molar-refractivity contribution in [3.8, 4) is 44.5 Å². The number of fused-ring (bicyclic) bond motifs is 6. The summed E-state index contributed by atoms with van der Waals surface area (Å²) in [6.07, 6.45) is 0. The molecule has 49 heavy (non-hydrogen) atoms. The summed E-state index contributed by atoms with van der Waals surface area (Å²) in [5.41, 5.74) is -7.82. The normalized spacial score (nSPS) is 20.2. The molecule has 0 N–H and O–H groups in total. The van der Waals surface area contributed by atoms with Crippen LogP contribution in [-0.2, 0) is 0 Å². The molecule has 0 aliphatic rings. The zero-order chi connectivity index (χ0) is 58.4. The van der Waals surface area contributed by atoms with Crippen molar-refractivity contribution >= 4 is 54.3 Å². The maximum absolute atomic E-state index is 9.65. The van der Waals surface area contributed by atoms with Gasteiger partial charge in [-0.15, -0.1) is 0 Å². The first-order chi connectivity index (χ1) is 36.8. The summed E-state index contributed by atoms with van der Waals surface area (Å²) in [4.78, 5) is 0. The minimum absolute atomic E-state index is 0.608. The number of hydrogen-bond acceptors (Lipinski definition) is 1. The predicted octanol–water partition coefficient (Wildman–Crippen LogP) is 13.7. The van der Waals surface area contributed by atoms with Crippen LogP contribution < -0.4 is 0 Å². The van der Waals surface area contributed by atoms with Gasteiger partial charge in [0.2, 0.25) is 0 Å². The van der Waals surface area contributed by atoms with Gasteiger partial charge in [0.15, 0.2) is 0 Å². The largest absolute Gasteiger partial charge is 0.456 e. The van der Waals surface area contributed by atoms with E-state index in [-0.39, 0.29) is 0 Å². The van der Waals surface area contributed by atoms with E-state index in [0.29, 0.717) is 0 Å². The Morgan fingerprint density at radius 1 is 0.306 bits per heavy atom. The Labute approximate surface area is 326 Å². The van der Waals surface area contributed by atoms with Gasteiger partial charge in [0.25, 0.3) is 0 Å². The highest BCUT2D eigenvalue weighted by molar-refractivity contribution is 6.27. The van der Waals surface area contributed by atoms with Crippen molar-refractivity contribution in [2.75, 3.05) is 0 Å². The van der Waals surface area contributed by atoms with E-state index in [0.717, 1.165) is 0 Å². The summed E-state index contributed by atoms with van der Waals surface area (Å²) in [6.45, 7) is 0. The maximum Gasteiger partial charge on any atom is 0.136 e. The Bertz CT molecular complexity index is 4450. The Balaban J connectivity index is 1.51. The van der Waals surface area contributed by atoms with E-state index in [9.17, 15) is 13.7 Å². The van der Waals surface area contributed by atoms with E-state index in [4.69, 9.17) is 31.8 Å². The average molecular weight is 653 g/mol. The lowest BCUT2D eigenvalue weighted by Gasteiger charge is -2.18. The molecule has 0 spiro atoms. The standard InChI is InChI=1S/C48H30O/c1-2-13-32(14-3-1)37-23-11-25-43-47(37)48-42(24-12-26-44(48)49-43)46-40-20-8-6-18-38(40)45(39-19-7-9-21-41(39)46)34-29-27-33(28-30-34)36-22-10-16-31-15-4-5-17-35(31)36/h1-30H/i1D,2D,3D,4D,5D,6D,7D,8D,9D,10D,11D,12D,13D,14D,15D,16D,17D,18D,19D,20D,21D,22D,23D,24D,25D,26D,27D,28D,29D,30D. The molecule has 0 saturated heterocycles. The molecule has 0 saturated carbocycles. The molecule has 1 aromatic heterocycles. The molecule has 1 nitrogen and oxygen atoms in total. The molecule has 0 aliphatic heterocycles. The summed E-state index contributed by atoms with van der Waals surface area (Å²) in [6, 6.07) is -29.5. The van der Waals surface area contributed by atoms with Crippen LogP contribution in [0.2, 0.25) is 0 Å². The second kappa shape index (κ2) is 11.1. The van der Waals surface area contributed by atoms with Crippen molar-refractivity contribution < 1.29 is 45.5 Å². The first-order valence-corrected chi connectivity index (χ1v) is 14.4. The summed E-state index contributed by atoms with van der Waals surface area (Å²) in [7, 11) is 0. The Hall–Kier alpha value is -6.44. The van der Waals surface area contributed by atoms with Crippen LogP contribution in [0.25, 0.3) is 98.8 Å². The molecule has 10 rings (SSSR count). The molecule has 0 atom stereocenters. The lowest BCUT2D eigenvalue weighted by Crippen LogP contribution is -1.91. The van der Waals surface area contributed by atoms with E-state index >= 15 is 0 Å². The Morgan fingerprint density at radius 2 is 0.755 bits per heavy atom. The van der Waals surface area contributed by atoms with Crippen molar-refractivity contribution in [3.05, 3.63) is 181 Å². The minimum Gasteiger partial charge on any atom is -0.456 e. The van der Waals surface area contributed by atoms with Crippen LogP contribution in [0.15, 0.2) is 186 Å². The zero-order valence-corrected chi connectivity index (χ0v) is 24.4. The van der Waals surface area contributed by atoms with Crippen molar-refractivity contribution in [3.63, 3.8) is 0 Å².